The van der Waals surface area contributed by atoms with E-state index < -0.39 is 21.9 Å². The van der Waals surface area contributed by atoms with Crippen LogP contribution < -0.4 is 0 Å². The lowest BCUT2D eigenvalue weighted by atomic mass is 10.3. The monoisotopic (exact) mass is 302 g/mol. The molecule has 1 atom stereocenters. The molecule has 0 unspecified atom stereocenters. The van der Waals surface area contributed by atoms with Gasteiger partial charge in [-0.2, -0.15) is 4.31 Å². The van der Waals surface area contributed by atoms with Gasteiger partial charge in [0.15, 0.2) is 0 Å². The Morgan fingerprint density at radius 3 is 2.50 bits per heavy atom. The van der Waals surface area contributed by atoms with Gasteiger partial charge < -0.3 is 5.11 Å². The molecule has 0 amide bonds. The zero-order chi connectivity index (χ0) is 14.8. The van der Waals surface area contributed by atoms with Crippen LogP contribution in [0.25, 0.3) is 0 Å². The van der Waals surface area contributed by atoms with E-state index in [0.717, 1.165) is 6.07 Å². The highest BCUT2D eigenvalue weighted by Gasteiger charge is 2.28. The Bertz CT molecular complexity index is 554. The Morgan fingerprint density at radius 2 is 1.95 bits per heavy atom. The summed E-state index contributed by atoms with van der Waals surface area (Å²) in [4.78, 5) is 2.00. The summed E-state index contributed by atoms with van der Waals surface area (Å²) in [5.41, 5.74) is 0. The summed E-state index contributed by atoms with van der Waals surface area (Å²) in [6, 6.07) is 5.06. The fourth-order valence-electron chi connectivity index (χ4n) is 2.30. The second kappa shape index (κ2) is 6.17. The smallest absolute Gasteiger partial charge is 0.243 e. The maximum atomic E-state index is 13.2. The highest BCUT2D eigenvalue weighted by Crippen LogP contribution is 2.18. The fourth-order valence-corrected chi connectivity index (χ4v) is 3.76. The molecular formula is C13H19FN2O3S. The minimum Gasteiger partial charge on any atom is -0.392 e. The summed E-state index contributed by atoms with van der Waals surface area (Å²) in [6.07, 6.45) is -0.429. The molecule has 0 bridgehead atoms. The van der Waals surface area contributed by atoms with Gasteiger partial charge >= 0.3 is 0 Å². The van der Waals surface area contributed by atoms with E-state index in [1.807, 2.05) is 4.90 Å². The SMILES string of the molecule is C[C@@H](O)CN1CCN(S(=O)(=O)c2cccc(F)c2)CC1. The third kappa shape index (κ3) is 3.54. The lowest BCUT2D eigenvalue weighted by molar-refractivity contribution is 0.103. The zero-order valence-corrected chi connectivity index (χ0v) is 12.2. The molecule has 0 saturated carbocycles. The third-order valence-corrected chi connectivity index (χ3v) is 5.18. The van der Waals surface area contributed by atoms with Crippen molar-refractivity contribution in [2.24, 2.45) is 0 Å². The Kier molecular flexibility index (Phi) is 4.74. The first-order chi connectivity index (χ1) is 9.39. The van der Waals surface area contributed by atoms with Crippen LogP contribution in [0.4, 0.5) is 4.39 Å². The van der Waals surface area contributed by atoms with Gasteiger partial charge in [0.2, 0.25) is 10.0 Å². The van der Waals surface area contributed by atoms with Crippen LogP contribution in [0.15, 0.2) is 29.2 Å². The molecule has 7 heteroatoms. The van der Waals surface area contributed by atoms with Crippen LogP contribution in [-0.4, -0.2) is 61.6 Å². The minimum atomic E-state index is -3.63. The summed E-state index contributed by atoms with van der Waals surface area (Å²) in [6.45, 7) is 4.08. The van der Waals surface area contributed by atoms with Gasteiger partial charge in [0, 0.05) is 32.7 Å². The predicted molar refractivity (Wildman–Crippen MR) is 73.3 cm³/mol. The number of nitrogens with zero attached hydrogens (tertiary/aromatic N) is 2. The standard InChI is InChI=1S/C13H19FN2O3S/c1-11(17)10-15-5-7-16(8-6-15)20(18,19)13-4-2-3-12(14)9-13/h2-4,9,11,17H,5-8,10H2,1H3/t11-/m1/s1. The number of benzene rings is 1. The van der Waals surface area contributed by atoms with Gasteiger partial charge in [-0.05, 0) is 25.1 Å². The van der Waals surface area contributed by atoms with Gasteiger partial charge in [0.1, 0.15) is 5.82 Å². The Balaban J connectivity index is 2.06. The van der Waals surface area contributed by atoms with Crippen LogP contribution in [0.3, 0.4) is 0 Å². The molecule has 1 aromatic carbocycles. The van der Waals surface area contributed by atoms with E-state index in [1.165, 1.54) is 22.5 Å². The number of aliphatic hydroxyl groups excluding tert-OH is 1. The maximum Gasteiger partial charge on any atom is 0.243 e. The molecule has 0 spiro atoms. The molecule has 1 aromatic rings. The first-order valence-corrected chi connectivity index (χ1v) is 8.00. The van der Waals surface area contributed by atoms with Crippen molar-refractivity contribution in [2.45, 2.75) is 17.9 Å². The summed E-state index contributed by atoms with van der Waals surface area (Å²) >= 11 is 0. The highest BCUT2D eigenvalue weighted by molar-refractivity contribution is 7.89. The van der Waals surface area contributed by atoms with Crippen molar-refractivity contribution in [3.8, 4) is 0 Å². The van der Waals surface area contributed by atoms with Crippen LogP contribution in [0, 0.1) is 5.82 Å². The number of aliphatic hydroxyl groups is 1. The normalized spacial score (nSPS) is 19.9. The van der Waals surface area contributed by atoms with Gasteiger partial charge in [-0.1, -0.05) is 6.07 Å². The van der Waals surface area contributed by atoms with Gasteiger partial charge in [-0.15, -0.1) is 0 Å². The highest BCUT2D eigenvalue weighted by atomic mass is 32.2. The molecule has 112 valence electrons. The molecule has 2 rings (SSSR count). The van der Waals surface area contributed by atoms with Crippen molar-refractivity contribution in [1.82, 2.24) is 9.21 Å². The maximum absolute atomic E-state index is 13.2. The Morgan fingerprint density at radius 1 is 1.30 bits per heavy atom. The second-order valence-electron chi connectivity index (χ2n) is 5.01. The van der Waals surface area contributed by atoms with E-state index in [2.05, 4.69) is 0 Å². The number of β-amino-alcohol motifs (C(OH)–C–C–N with tert-alkyl or cyclic N) is 1. The van der Waals surface area contributed by atoms with Crippen molar-refractivity contribution in [2.75, 3.05) is 32.7 Å². The van der Waals surface area contributed by atoms with E-state index in [4.69, 9.17) is 0 Å². The van der Waals surface area contributed by atoms with Crippen molar-refractivity contribution >= 4 is 10.0 Å². The number of hydrogen-bond acceptors (Lipinski definition) is 4. The molecule has 1 aliphatic rings. The molecule has 20 heavy (non-hydrogen) atoms. The fraction of sp³-hybridized carbons (Fsp3) is 0.538. The summed E-state index contributed by atoms with van der Waals surface area (Å²) < 4.78 is 39.2. The topological polar surface area (TPSA) is 60.9 Å². The van der Waals surface area contributed by atoms with E-state index >= 15 is 0 Å². The molecular weight excluding hydrogens is 283 g/mol. The molecule has 1 aliphatic heterocycles. The molecule has 1 saturated heterocycles. The van der Waals surface area contributed by atoms with E-state index in [0.29, 0.717) is 32.7 Å². The number of rotatable bonds is 4. The van der Waals surface area contributed by atoms with E-state index in [9.17, 15) is 17.9 Å². The van der Waals surface area contributed by atoms with Gasteiger partial charge in [0.05, 0.1) is 11.0 Å². The third-order valence-electron chi connectivity index (χ3n) is 3.29. The molecule has 1 fully saturated rings. The number of hydrogen-bond donors (Lipinski definition) is 1. The molecule has 0 aliphatic carbocycles. The van der Waals surface area contributed by atoms with Crippen molar-refractivity contribution < 1.29 is 17.9 Å². The zero-order valence-electron chi connectivity index (χ0n) is 11.4. The number of halogens is 1. The first kappa shape index (κ1) is 15.4. The van der Waals surface area contributed by atoms with Crippen LogP contribution in [0.5, 0.6) is 0 Å². The van der Waals surface area contributed by atoms with Crippen molar-refractivity contribution in [1.29, 1.82) is 0 Å². The molecule has 0 radical (unpaired) electrons. The Labute approximate surface area is 118 Å². The van der Waals surface area contributed by atoms with Crippen LogP contribution in [0.2, 0.25) is 0 Å². The van der Waals surface area contributed by atoms with Crippen LogP contribution in [0.1, 0.15) is 6.92 Å². The molecule has 0 aromatic heterocycles. The quantitative estimate of drug-likeness (QED) is 0.880. The summed E-state index contributed by atoms with van der Waals surface area (Å²) in [5.74, 6) is -0.557. The lowest BCUT2D eigenvalue weighted by Crippen LogP contribution is -2.50. The van der Waals surface area contributed by atoms with Gasteiger partial charge in [0.25, 0.3) is 0 Å². The predicted octanol–water partition coefficient (Wildman–Crippen LogP) is 0.513. The molecule has 1 N–H and O–H groups in total. The number of sulfonamides is 1. The van der Waals surface area contributed by atoms with Gasteiger partial charge in [-0.3, -0.25) is 4.90 Å². The van der Waals surface area contributed by atoms with Crippen molar-refractivity contribution in [3.63, 3.8) is 0 Å². The van der Waals surface area contributed by atoms with E-state index in [-0.39, 0.29) is 4.90 Å². The Hall–Kier alpha value is -1.02. The molecule has 1 heterocycles. The first-order valence-electron chi connectivity index (χ1n) is 6.56. The molecule has 5 nitrogen and oxygen atoms in total. The van der Waals surface area contributed by atoms with Crippen LogP contribution in [-0.2, 0) is 10.0 Å². The lowest BCUT2D eigenvalue weighted by Gasteiger charge is -2.34. The summed E-state index contributed by atoms with van der Waals surface area (Å²) in [5, 5.41) is 9.32. The van der Waals surface area contributed by atoms with Crippen molar-refractivity contribution in [3.05, 3.63) is 30.1 Å². The average Bonchev–Trinajstić information content (AvgIpc) is 2.38. The minimum absolute atomic E-state index is 0.0125. The number of piperazine rings is 1. The largest absolute Gasteiger partial charge is 0.392 e. The van der Waals surface area contributed by atoms with Crippen LogP contribution >= 0.6 is 0 Å². The summed E-state index contributed by atoms with van der Waals surface area (Å²) in [7, 11) is -3.63. The second-order valence-corrected chi connectivity index (χ2v) is 6.95. The van der Waals surface area contributed by atoms with Gasteiger partial charge in [-0.25, -0.2) is 12.8 Å². The van der Waals surface area contributed by atoms with E-state index in [1.54, 1.807) is 6.92 Å². The average molecular weight is 302 g/mol.